The number of hydrogen-bond donors (Lipinski definition) is 2. The third kappa shape index (κ3) is 3.62. The second-order valence-corrected chi connectivity index (χ2v) is 5.59. The molecule has 25 heavy (non-hydrogen) atoms. The van der Waals surface area contributed by atoms with Crippen LogP contribution >= 0.6 is 0 Å². The van der Waals surface area contributed by atoms with Crippen LogP contribution in [0.25, 0.3) is 11.0 Å². The Morgan fingerprint density at radius 3 is 1.96 bits per heavy atom. The second kappa shape index (κ2) is 6.19. The van der Waals surface area contributed by atoms with Gasteiger partial charge in [0.15, 0.2) is 0 Å². The summed E-state index contributed by atoms with van der Waals surface area (Å²) in [6, 6.07) is 7.50. The van der Waals surface area contributed by atoms with Crippen LogP contribution in [0.15, 0.2) is 46.0 Å². The number of hydrogen-bond acceptors (Lipinski definition) is 2. The van der Waals surface area contributed by atoms with E-state index in [2.05, 4.69) is 9.97 Å². The summed E-state index contributed by atoms with van der Waals surface area (Å²) in [6.07, 6.45) is -4.31. The lowest BCUT2D eigenvalue weighted by molar-refractivity contribution is -0.138. The first-order chi connectivity index (χ1) is 11.7. The standard InChI is InChI=1S/C17H12F4N2O2/c18-11-5-2-9(3-6-11)1-4-10-7-13-14(8-12(10)17(19,20)21)23-16(25)15(24)22-13/h2-3,5-8H,1,4H2,(H,22,24)(H,23,25). The van der Waals surface area contributed by atoms with Crippen molar-refractivity contribution in [2.45, 2.75) is 19.0 Å². The molecule has 0 atom stereocenters. The average Bonchev–Trinajstić information content (AvgIpc) is 2.54. The minimum Gasteiger partial charge on any atom is -0.316 e. The van der Waals surface area contributed by atoms with Crippen LogP contribution in [0.5, 0.6) is 0 Å². The van der Waals surface area contributed by atoms with Gasteiger partial charge in [0.05, 0.1) is 16.6 Å². The van der Waals surface area contributed by atoms with E-state index in [0.717, 1.165) is 6.07 Å². The zero-order valence-electron chi connectivity index (χ0n) is 12.7. The minimum absolute atomic E-state index is 0.0213. The zero-order chi connectivity index (χ0) is 18.2. The molecule has 0 unspecified atom stereocenters. The lowest BCUT2D eigenvalue weighted by atomic mass is 9.98. The van der Waals surface area contributed by atoms with E-state index in [9.17, 15) is 27.2 Å². The van der Waals surface area contributed by atoms with Crippen LogP contribution < -0.4 is 11.1 Å². The molecule has 1 heterocycles. The van der Waals surface area contributed by atoms with E-state index in [-0.39, 0.29) is 29.4 Å². The smallest absolute Gasteiger partial charge is 0.316 e. The highest BCUT2D eigenvalue weighted by Crippen LogP contribution is 2.34. The van der Waals surface area contributed by atoms with E-state index in [1.165, 1.54) is 30.3 Å². The lowest BCUT2D eigenvalue weighted by Crippen LogP contribution is -2.29. The van der Waals surface area contributed by atoms with Gasteiger partial charge in [-0.05, 0) is 48.2 Å². The van der Waals surface area contributed by atoms with Gasteiger partial charge in [0, 0.05) is 0 Å². The zero-order valence-corrected chi connectivity index (χ0v) is 12.7. The van der Waals surface area contributed by atoms with Crippen molar-refractivity contribution >= 4 is 11.0 Å². The molecule has 2 aromatic carbocycles. The molecule has 0 bridgehead atoms. The van der Waals surface area contributed by atoms with Crippen molar-refractivity contribution in [3.63, 3.8) is 0 Å². The molecule has 2 N–H and O–H groups in total. The van der Waals surface area contributed by atoms with E-state index >= 15 is 0 Å². The molecule has 3 rings (SSSR count). The molecule has 0 saturated carbocycles. The van der Waals surface area contributed by atoms with E-state index in [0.29, 0.717) is 5.56 Å². The second-order valence-electron chi connectivity index (χ2n) is 5.59. The Morgan fingerprint density at radius 2 is 1.40 bits per heavy atom. The normalized spacial score (nSPS) is 11.8. The number of nitrogens with one attached hydrogen (secondary N) is 2. The number of alkyl halides is 3. The van der Waals surface area contributed by atoms with Crippen LogP contribution in [-0.2, 0) is 19.0 Å². The number of aromatic nitrogens is 2. The van der Waals surface area contributed by atoms with Crippen molar-refractivity contribution in [2.24, 2.45) is 0 Å². The molecule has 0 saturated heterocycles. The van der Waals surface area contributed by atoms with Crippen molar-refractivity contribution in [3.05, 3.63) is 79.6 Å². The van der Waals surface area contributed by atoms with Gasteiger partial charge >= 0.3 is 17.3 Å². The number of aryl methyl sites for hydroxylation is 2. The minimum atomic E-state index is -4.61. The fourth-order valence-corrected chi connectivity index (χ4v) is 2.61. The van der Waals surface area contributed by atoms with E-state index in [1.54, 1.807) is 0 Å². The molecule has 4 nitrogen and oxygen atoms in total. The molecule has 0 amide bonds. The molecule has 0 aliphatic carbocycles. The van der Waals surface area contributed by atoms with Gasteiger partial charge in [-0.15, -0.1) is 0 Å². The summed E-state index contributed by atoms with van der Waals surface area (Å²) in [6.45, 7) is 0. The third-order valence-corrected chi connectivity index (χ3v) is 3.85. The molecule has 0 aliphatic heterocycles. The molecule has 1 aromatic heterocycles. The van der Waals surface area contributed by atoms with E-state index < -0.39 is 28.7 Å². The predicted molar refractivity (Wildman–Crippen MR) is 84.0 cm³/mol. The Balaban J connectivity index is 2.04. The Labute approximate surface area is 138 Å². The van der Waals surface area contributed by atoms with E-state index in [1.807, 2.05) is 0 Å². The fraction of sp³-hybridized carbons (Fsp3) is 0.176. The van der Waals surface area contributed by atoms with Crippen molar-refractivity contribution < 1.29 is 17.6 Å². The molecular formula is C17H12F4N2O2. The number of halogens is 4. The van der Waals surface area contributed by atoms with Crippen molar-refractivity contribution in [1.29, 1.82) is 0 Å². The number of H-pyrrole nitrogens is 2. The Bertz CT molecular complexity index is 1030. The van der Waals surface area contributed by atoms with Gasteiger partial charge in [-0.25, -0.2) is 4.39 Å². The van der Waals surface area contributed by atoms with Gasteiger partial charge in [0.2, 0.25) is 0 Å². The Morgan fingerprint density at radius 1 is 0.840 bits per heavy atom. The Hall–Kier alpha value is -2.90. The summed E-state index contributed by atoms with van der Waals surface area (Å²) in [5.74, 6) is -0.424. The van der Waals surface area contributed by atoms with Gasteiger partial charge in [-0.1, -0.05) is 12.1 Å². The van der Waals surface area contributed by atoms with Crippen LogP contribution in [0.2, 0.25) is 0 Å². The number of rotatable bonds is 3. The SMILES string of the molecule is O=c1[nH]c2cc(CCc3ccc(F)cc3)c(C(F)(F)F)cc2[nH]c1=O. The van der Waals surface area contributed by atoms with Gasteiger partial charge in [0.1, 0.15) is 5.82 Å². The third-order valence-electron chi connectivity index (χ3n) is 3.85. The average molecular weight is 352 g/mol. The number of benzene rings is 2. The van der Waals surface area contributed by atoms with Crippen LogP contribution in [-0.4, -0.2) is 9.97 Å². The summed E-state index contributed by atoms with van der Waals surface area (Å²) in [5.41, 5.74) is -2.15. The Kier molecular flexibility index (Phi) is 4.20. The highest BCUT2D eigenvalue weighted by atomic mass is 19.4. The highest BCUT2D eigenvalue weighted by molar-refractivity contribution is 5.76. The van der Waals surface area contributed by atoms with Crippen molar-refractivity contribution in [2.75, 3.05) is 0 Å². The maximum atomic E-state index is 13.3. The topological polar surface area (TPSA) is 65.7 Å². The predicted octanol–water partition coefficient (Wildman–Crippen LogP) is 3.16. The summed E-state index contributed by atoms with van der Waals surface area (Å²) < 4.78 is 52.9. The molecule has 0 aliphatic rings. The van der Waals surface area contributed by atoms with Crippen LogP contribution in [0.4, 0.5) is 17.6 Å². The fourth-order valence-electron chi connectivity index (χ4n) is 2.61. The first-order valence-corrected chi connectivity index (χ1v) is 7.35. The van der Waals surface area contributed by atoms with Gasteiger partial charge < -0.3 is 9.97 Å². The van der Waals surface area contributed by atoms with Gasteiger partial charge in [-0.2, -0.15) is 13.2 Å². The van der Waals surface area contributed by atoms with Crippen LogP contribution in [0, 0.1) is 5.82 Å². The largest absolute Gasteiger partial charge is 0.416 e. The molecule has 8 heteroatoms. The molecule has 0 radical (unpaired) electrons. The van der Waals surface area contributed by atoms with Crippen LogP contribution in [0.1, 0.15) is 16.7 Å². The lowest BCUT2D eigenvalue weighted by Gasteiger charge is -2.14. The maximum absolute atomic E-state index is 13.3. The summed E-state index contributed by atoms with van der Waals surface area (Å²) in [7, 11) is 0. The molecule has 130 valence electrons. The molecule has 3 aromatic rings. The van der Waals surface area contributed by atoms with Crippen LogP contribution in [0.3, 0.4) is 0 Å². The number of aromatic amines is 2. The van der Waals surface area contributed by atoms with E-state index in [4.69, 9.17) is 0 Å². The van der Waals surface area contributed by atoms with Crippen molar-refractivity contribution in [1.82, 2.24) is 9.97 Å². The summed E-state index contributed by atoms with van der Waals surface area (Å²) >= 11 is 0. The van der Waals surface area contributed by atoms with Gasteiger partial charge in [-0.3, -0.25) is 9.59 Å². The highest BCUT2D eigenvalue weighted by Gasteiger charge is 2.33. The molecular weight excluding hydrogens is 340 g/mol. The monoisotopic (exact) mass is 352 g/mol. The maximum Gasteiger partial charge on any atom is 0.416 e. The quantitative estimate of drug-likeness (QED) is 0.562. The summed E-state index contributed by atoms with van der Waals surface area (Å²) in [4.78, 5) is 27.1. The van der Waals surface area contributed by atoms with Crippen molar-refractivity contribution in [3.8, 4) is 0 Å². The molecule has 0 fully saturated rings. The number of fused-ring (bicyclic) bond motifs is 1. The summed E-state index contributed by atoms with van der Waals surface area (Å²) in [5, 5.41) is 0. The first kappa shape index (κ1) is 16.9. The van der Waals surface area contributed by atoms with Gasteiger partial charge in [0.25, 0.3) is 0 Å². The first-order valence-electron chi connectivity index (χ1n) is 7.35. The molecule has 0 spiro atoms.